The Bertz CT molecular complexity index is 946. The molecule has 1 fully saturated rings. The highest BCUT2D eigenvalue weighted by molar-refractivity contribution is 7.15. The second-order valence-electron chi connectivity index (χ2n) is 7.46. The maximum absolute atomic E-state index is 12.9. The van der Waals surface area contributed by atoms with Crippen LogP contribution in [0.15, 0.2) is 12.1 Å². The molecular formula is C21H27ClN4O4S. The first-order valence-electron chi connectivity index (χ1n) is 9.99. The van der Waals surface area contributed by atoms with Crippen molar-refractivity contribution in [1.82, 2.24) is 9.88 Å². The van der Waals surface area contributed by atoms with Gasteiger partial charge in [-0.3, -0.25) is 14.5 Å². The number of methoxy groups -OCH3 is 2. The van der Waals surface area contributed by atoms with Gasteiger partial charge < -0.3 is 20.1 Å². The minimum Gasteiger partial charge on any atom is -0.495 e. The van der Waals surface area contributed by atoms with Crippen molar-refractivity contribution in [2.75, 3.05) is 44.5 Å². The van der Waals surface area contributed by atoms with Crippen LogP contribution in [0.2, 0.25) is 5.02 Å². The molecule has 2 aromatic rings. The number of hydrogen-bond acceptors (Lipinski definition) is 7. The summed E-state index contributed by atoms with van der Waals surface area (Å²) >= 11 is 7.60. The van der Waals surface area contributed by atoms with Crippen LogP contribution in [0.4, 0.5) is 10.8 Å². The van der Waals surface area contributed by atoms with Crippen LogP contribution in [0.5, 0.6) is 11.5 Å². The lowest BCUT2D eigenvalue weighted by Crippen LogP contribution is -2.44. The first-order chi connectivity index (χ1) is 14.8. The van der Waals surface area contributed by atoms with Crippen molar-refractivity contribution in [2.45, 2.75) is 26.7 Å². The predicted octanol–water partition coefficient (Wildman–Crippen LogP) is 3.72. The van der Waals surface area contributed by atoms with E-state index < -0.39 is 0 Å². The fourth-order valence-corrected chi connectivity index (χ4v) is 4.56. The molecular weight excluding hydrogens is 440 g/mol. The first-order valence-corrected chi connectivity index (χ1v) is 11.2. The Kier molecular flexibility index (Phi) is 7.74. The molecule has 1 aliphatic heterocycles. The van der Waals surface area contributed by atoms with Crippen LogP contribution in [0.25, 0.3) is 0 Å². The highest BCUT2D eigenvalue weighted by Gasteiger charge is 2.28. The topological polar surface area (TPSA) is 92.8 Å². The van der Waals surface area contributed by atoms with E-state index in [0.29, 0.717) is 33.9 Å². The summed E-state index contributed by atoms with van der Waals surface area (Å²) in [6.45, 7) is 5.38. The number of amides is 2. The van der Waals surface area contributed by atoms with E-state index in [-0.39, 0.29) is 24.3 Å². The average Bonchev–Trinajstić information content (AvgIpc) is 3.05. The van der Waals surface area contributed by atoms with Crippen molar-refractivity contribution in [3.8, 4) is 11.5 Å². The van der Waals surface area contributed by atoms with Gasteiger partial charge in [-0.15, -0.1) is 11.3 Å². The zero-order chi connectivity index (χ0) is 22.5. The van der Waals surface area contributed by atoms with Gasteiger partial charge in [-0.1, -0.05) is 11.6 Å². The van der Waals surface area contributed by atoms with Crippen molar-refractivity contribution in [3.05, 3.63) is 27.7 Å². The summed E-state index contributed by atoms with van der Waals surface area (Å²) in [6, 6.07) is 3.25. The summed E-state index contributed by atoms with van der Waals surface area (Å²) in [5.41, 5.74) is 1.42. The summed E-state index contributed by atoms with van der Waals surface area (Å²) in [7, 11) is 3.03. The Balaban J connectivity index is 1.60. The summed E-state index contributed by atoms with van der Waals surface area (Å²) in [5.74, 6) is 0.419. The number of aryl methyl sites for hydroxylation is 2. The summed E-state index contributed by atoms with van der Waals surface area (Å²) < 4.78 is 10.6. The minimum atomic E-state index is -0.239. The normalized spacial score (nSPS) is 16.6. The lowest BCUT2D eigenvalue weighted by molar-refractivity contribution is -0.123. The number of ether oxygens (including phenoxy) is 2. The van der Waals surface area contributed by atoms with Crippen LogP contribution < -0.4 is 20.1 Å². The molecule has 0 bridgehead atoms. The molecule has 168 valence electrons. The molecule has 1 atom stereocenters. The minimum absolute atomic E-state index is 0.126. The number of aromatic nitrogens is 1. The third-order valence-electron chi connectivity index (χ3n) is 5.25. The maximum atomic E-state index is 12.9. The molecule has 1 aromatic heterocycles. The second kappa shape index (κ2) is 10.3. The van der Waals surface area contributed by atoms with E-state index in [1.54, 1.807) is 12.1 Å². The Hall–Kier alpha value is -2.36. The quantitative estimate of drug-likeness (QED) is 0.646. The van der Waals surface area contributed by atoms with Gasteiger partial charge in [0.15, 0.2) is 5.13 Å². The van der Waals surface area contributed by atoms with Crippen LogP contribution in [-0.2, 0) is 9.59 Å². The Morgan fingerprint density at radius 3 is 2.61 bits per heavy atom. The van der Waals surface area contributed by atoms with Gasteiger partial charge in [0.2, 0.25) is 11.8 Å². The van der Waals surface area contributed by atoms with Crippen LogP contribution in [0.1, 0.15) is 23.4 Å². The monoisotopic (exact) mass is 466 g/mol. The van der Waals surface area contributed by atoms with Crippen LogP contribution in [0, 0.1) is 19.8 Å². The molecule has 0 aliphatic carbocycles. The van der Waals surface area contributed by atoms with Crippen molar-refractivity contribution in [1.29, 1.82) is 0 Å². The van der Waals surface area contributed by atoms with Crippen LogP contribution in [0.3, 0.4) is 0 Å². The fraction of sp³-hybridized carbons (Fsp3) is 0.476. The SMILES string of the molecule is COc1cc(NC(=O)C2CCCN(CC(=O)Nc3nc(C)c(C)s3)C2)c(OC)cc1Cl. The molecule has 3 rings (SSSR count). The molecule has 10 heteroatoms. The molecule has 2 heterocycles. The van der Waals surface area contributed by atoms with Crippen molar-refractivity contribution < 1.29 is 19.1 Å². The number of nitrogens with one attached hydrogen (secondary N) is 2. The number of carbonyl (C=O) groups is 2. The Labute approximate surface area is 190 Å². The van der Waals surface area contributed by atoms with E-state index in [1.807, 2.05) is 18.7 Å². The molecule has 8 nitrogen and oxygen atoms in total. The number of halogens is 1. The number of benzene rings is 1. The molecule has 1 aliphatic rings. The zero-order valence-electron chi connectivity index (χ0n) is 18.1. The van der Waals surface area contributed by atoms with Gasteiger partial charge in [0.25, 0.3) is 0 Å². The molecule has 2 amide bonds. The van der Waals surface area contributed by atoms with Crippen LogP contribution in [-0.4, -0.2) is 55.6 Å². The highest BCUT2D eigenvalue weighted by Crippen LogP contribution is 2.36. The van der Waals surface area contributed by atoms with Gasteiger partial charge in [-0.25, -0.2) is 4.98 Å². The van der Waals surface area contributed by atoms with E-state index in [4.69, 9.17) is 21.1 Å². The first kappa shape index (κ1) is 23.3. The number of anilines is 2. The Morgan fingerprint density at radius 1 is 1.23 bits per heavy atom. The molecule has 2 N–H and O–H groups in total. The third-order valence-corrected chi connectivity index (χ3v) is 6.53. The van der Waals surface area contributed by atoms with Gasteiger partial charge in [0.1, 0.15) is 11.5 Å². The smallest absolute Gasteiger partial charge is 0.240 e. The van der Waals surface area contributed by atoms with Gasteiger partial charge in [-0.2, -0.15) is 0 Å². The highest BCUT2D eigenvalue weighted by atomic mass is 35.5. The second-order valence-corrected chi connectivity index (χ2v) is 9.07. The van der Waals surface area contributed by atoms with Crippen molar-refractivity contribution in [3.63, 3.8) is 0 Å². The summed E-state index contributed by atoms with van der Waals surface area (Å²) in [6.07, 6.45) is 1.59. The summed E-state index contributed by atoms with van der Waals surface area (Å²) in [5, 5.41) is 6.78. The number of thiazole rings is 1. The van der Waals surface area contributed by atoms with Gasteiger partial charge in [0, 0.05) is 23.6 Å². The van der Waals surface area contributed by atoms with E-state index in [1.165, 1.54) is 25.6 Å². The number of piperidine rings is 1. The van der Waals surface area contributed by atoms with E-state index in [9.17, 15) is 9.59 Å². The van der Waals surface area contributed by atoms with Crippen LogP contribution >= 0.6 is 22.9 Å². The number of likely N-dealkylation sites (tertiary alicyclic amines) is 1. The zero-order valence-corrected chi connectivity index (χ0v) is 19.7. The maximum Gasteiger partial charge on any atom is 0.240 e. The molecule has 1 saturated heterocycles. The predicted molar refractivity (Wildman–Crippen MR) is 123 cm³/mol. The number of nitrogens with zero attached hydrogens (tertiary/aromatic N) is 2. The number of hydrogen-bond donors (Lipinski definition) is 2. The van der Waals surface area contributed by atoms with E-state index in [0.717, 1.165) is 30.0 Å². The molecule has 1 aromatic carbocycles. The largest absolute Gasteiger partial charge is 0.495 e. The number of carbonyl (C=O) groups excluding carboxylic acids is 2. The lowest BCUT2D eigenvalue weighted by atomic mass is 9.97. The molecule has 1 unspecified atom stereocenters. The number of rotatable bonds is 7. The van der Waals surface area contributed by atoms with Gasteiger partial charge in [0.05, 0.1) is 43.1 Å². The molecule has 0 radical (unpaired) electrons. The lowest BCUT2D eigenvalue weighted by Gasteiger charge is -2.31. The van der Waals surface area contributed by atoms with E-state index >= 15 is 0 Å². The third kappa shape index (κ3) is 5.87. The van der Waals surface area contributed by atoms with Gasteiger partial charge in [-0.05, 0) is 33.2 Å². The van der Waals surface area contributed by atoms with Gasteiger partial charge >= 0.3 is 0 Å². The van der Waals surface area contributed by atoms with E-state index in [2.05, 4.69) is 15.6 Å². The molecule has 0 saturated carbocycles. The Morgan fingerprint density at radius 2 is 1.97 bits per heavy atom. The molecule has 31 heavy (non-hydrogen) atoms. The van der Waals surface area contributed by atoms with Crippen molar-refractivity contribution >= 4 is 45.6 Å². The summed E-state index contributed by atoms with van der Waals surface area (Å²) in [4.78, 5) is 32.8. The van der Waals surface area contributed by atoms with Crippen molar-refractivity contribution in [2.24, 2.45) is 5.92 Å². The fourth-order valence-electron chi connectivity index (χ4n) is 3.49. The standard InChI is InChI=1S/C21H27ClN4O4S/c1-12-13(2)31-21(23-12)25-19(27)11-26-7-5-6-14(10-26)20(28)24-16-9-17(29-3)15(22)8-18(16)30-4/h8-9,14H,5-7,10-11H2,1-4H3,(H,24,28)(H,23,25,27). The molecule has 0 spiro atoms. The average molecular weight is 467 g/mol.